The molecule has 0 spiro atoms. The van der Waals surface area contributed by atoms with E-state index in [4.69, 9.17) is 11.6 Å². The van der Waals surface area contributed by atoms with Gasteiger partial charge in [0.15, 0.2) is 0 Å². The number of nitrogens with zero attached hydrogens (tertiary/aromatic N) is 3. The van der Waals surface area contributed by atoms with Gasteiger partial charge < -0.3 is 5.32 Å². The molecular weight excluding hydrogens is 370 g/mol. The second-order valence-electron chi connectivity index (χ2n) is 6.74. The fourth-order valence-corrected chi connectivity index (χ4v) is 3.74. The van der Waals surface area contributed by atoms with Gasteiger partial charge in [0.1, 0.15) is 0 Å². The number of nitriles is 2. The summed E-state index contributed by atoms with van der Waals surface area (Å²) < 4.78 is 0. The van der Waals surface area contributed by atoms with Crippen LogP contribution < -0.4 is 5.32 Å². The maximum Gasteiger partial charge on any atom is 0.0979 e. The van der Waals surface area contributed by atoms with Crippen LogP contribution in [0, 0.1) is 29.6 Å². The van der Waals surface area contributed by atoms with Gasteiger partial charge >= 0.3 is 0 Å². The number of allylic oxidation sites excluding steroid dienone is 3. The molecule has 6 heteroatoms. The third-order valence-electron chi connectivity index (χ3n) is 5.04. The minimum Gasteiger partial charge on any atom is -0.357 e. The Morgan fingerprint density at radius 1 is 1.00 bits per heavy atom. The van der Waals surface area contributed by atoms with Crippen molar-refractivity contribution in [1.82, 2.24) is 15.5 Å². The highest BCUT2D eigenvalue weighted by Gasteiger charge is 2.31. The Morgan fingerprint density at radius 3 is 2.39 bits per heavy atom. The summed E-state index contributed by atoms with van der Waals surface area (Å²) in [7, 11) is 0. The number of fused-ring (bicyclic) bond motifs is 1. The summed E-state index contributed by atoms with van der Waals surface area (Å²) >= 11 is 6.02. The van der Waals surface area contributed by atoms with Crippen LogP contribution in [0.4, 0.5) is 0 Å². The lowest BCUT2D eigenvalue weighted by atomic mass is 9.80. The molecule has 0 fully saturated rings. The van der Waals surface area contributed by atoms with Gasteiger partial charge in [-0.05, 0) is 49.2 Å². The highest BCUT2D eigenvalue weighted by molar-refractivity contribution is 6.30. The Morgan fingerprint density at radius 2 is 1.71 bits per heavy atom. The maximum absolute atomic E-state index is 10.0. The first-order chi connectivity index (χ1) is 13.5. The molecule has 0 amide bonds. The second kappa shape index (κ2) is 6.88. The summed E-state index contributed by atoms with van der Waals surface area (Å²) in [6.45, 7) is 3.81. The van der Waals surface area contributed by atoms with E-state index in [2.05, 4.69) is 27.7 Å². The second-order valence-corrected chi connectivity index (χ2v) is 7.18. The zero-order valence-electron chi connectivity index (χ0n) is 15.3. The van der Waals surface area contributed by atoms with E-state index in [1.165, 1.54) is 0 Å². The number of halogens is 1. The molecule has 0 saturated heterocycles. The molecule has 5 nitrogen and oxygen atoms in total. The minimum absolute atomic E-state index is 0.444. The Hall–Kier alpha value is -3.54. The Bertz CT molecular complexity index is 1230. The third-order valence-corrected chi connectivity index (χ3v) is 5.29. The molecule has 1 unspecified atom stereocenters. The SMILES string of the molecule is CC1=C(C#N)C(c2ccc3n[nH]c(C)c3c2)C(C#N)=C(c2ccc(Cl)cc2)N1. The molecule has 1 aromatic heterocycles. The molecule has 1 aliphatic rings. The topological polar surface area (TPSA) is 88.3 Å². The van der Waals surface area contributed by atoms with Crippen LogP contribution in [0.2, 0.25) is 5.02 Å². The normalized spacial score (nSPS) is 16.7. The third kappa shape index (κ3) is 2.83. The van der Waals surface area contributed by atoms with Gasteiger partial charge in [-0.15, -0.1) is 0 Å². The predicted molar refractivity (Wildman–Crippen MR) is 109 cm³/mol. The first kappa shape index (κ1) is 17.9. The van der Waals surface area contributed by atoms with Gasteiger partial charge in [-0.25, -0.2) is 0 Å². The van der Waals surface area contributed by atoms with Gasteiger partial charge in [0.2, 0.25) is 0 Å². The van der Waals surface area contributed by atoms with Gasteiger partial charge in [0.05, 0.1) is 40.4 Å². The fourth-order valence-electron chi connectivity index (χ4n) is 3.61. The molecule has 136 valence electrons. The highest BCUT2D eigenvalue weighted by Crippen LogP contribution is 2.40. The van der Waals surface area contributed by atoms with Crippen molar-refractivity contribution in [2.75, 3.05) is 0 Å². The monoisotopic (exact) mass is 385 g/mol. The number of nitrogens with one attached hydrogen (secondary N) is 2. The van der Waals surface area contributed by atoms with E-state index in [1.807, 2.05) is 44.2 Å². The van der Waals surface area contributed by atoms with Crippen LogP contribution in [0.3, 0.4) is 0 Å². The number of hydrogen-bond donors (Lipinski definition) is 2. The Kier molecular flexibility index (Phi) is 4.39. The largest absolute Gasteiger partial charge is 0.357 e. The average molecular weight is 386 g/mol. The maximum atomic E-state index is 10.0. The van der Waals surface area contributed by atoms with Gasteiger partial charge in [-0.3, -0.25) is 5.10 Å². The lowest BCUT2D eigenvalue weighted by Crippen LogP contribution is -2.24. The summed E-state index contributed by atoms with van der Waals surface area (Å²) in [6, 6.07) is 17.8. The molecule has 2 N–H and O–H groups in total. The molecular formula is C22H16ClN5. The highest BCUT2D eigenvalue weighted by atomic mass is 35.5. The number of rotatable bonds is 2. The molecule has 2 heterocycles. The molecule has 4 rings (SSSR count). The van der Waals surface area contributed by atoms with Crippen molar-refractivity contribution < 1.29 is 0 Å². The van der Waals surface area contributed by atoms with Crippen LogP contribution in [0.25, 0.3) is 16.6 Å². The van der Waals surface area contributed by atoms with E-state index in [-0.39, 0.29) is 0 Å². The van der Waals surface area contributed by atoms with E-state index in [0.29, 0.717) is 21.9 Å². The lowest BCUT2D eigenvalue weighted by Gasteiger charge is -2.28. The van der Waals surface area contributed by atoms with Gasteiger partial charge in [-0.1, -0.05) is 29.8 Å². The van der Waals surface area contributed by atoms with E-state index >= 15 is 0 Å². The molecule has 28 heavy (non-hydrogen) atoms. The van der Waals surface area contributed by atoms with Crippen LogP contribution in [0.1, 0.15) is 29.7 Å². The van der Waals surface area contributed by atoms with Crippen molar-refractivity contribution in [3.63, 3.8) is 0 Å². The van der Waals surface area contributed by atoms with Crippen molar-refractivity contribution in [1.29, 1.82) is 10.5 Å². The molecule has 2 aromatic carbocycles. The number of H-pyrrole nitrogens is 1. The number of aromatic amines is 1. The first-order valence-corrected chi connectivity index (χ1v) is 9.14. The molecule has 1 atom stereocenters. The Labute approximate surface area is 167 Å². The number of aromatic nitrogens is 2. The number of aryl methyl sites for hydroxylation is 1. The van der Waals surface area contributed by atoms with Gasteiger partial charge in [0, 0.05) is 21.8 Å². The summed E-state index contributed by atoms with van der Waals surface area (Å²) in [5.74, 6) is -0.444. The van der Waals surface area contributed by atoms with Crippen LogP contribution in [-0.4, -0.2) is 10.2 Å². The standard InChI is InChI=1S/C22H16ClN5/c1-12-18(10-24)21(15-5-8-20-17(9-15)13(2)27-28-20)19(11-25)22(26-12)14-3-6-16(23)7-4-14/h3-9,21,26H,1-2H3,(H,27,28). The molecule has 0 radical (unpaired) electrons. The summed E-state index contributed by atoms with van der Waals surface area (Å²) in [6.07, 6.45) is 0. The van der Waals surface area contributed by atoms with Gasteiger partial charge in [-0.2, -0.15) is 15.6 Å². The van der Waals surface area contributed by atoms with E-state index in [0.717, 1.165) is 33.4 Å². The summed E-state index contributed by atoms with van der Waals surface area (Å²) in [4.78, 5) is 0. The zero-order chi connectivity index (χ0) is 19.8. The van der Waals surface area contributed by atoms with E-state index in [9.17, 15) is 10.5 Å². The van der Waals surface area contributed by atoms with E-state index < -0.39 is 5.92 Å². The van der Waals surface area contributed by atoms with Crippen LogP contribution in [0.5, 0.6) is 0 Å². The number of dihydropyridines is 1. The van der Waals surface area contributed by atoms with Crippen molar-refractivity contribution in [3.8, 4) is 12.1 Å². The molecule has 0 aliphatic carbocycles. The predicted octanol–water partition coefficient (Wildman–Crippen LogP) is 4.94. The average Bonchev–Trinajstić information content (AvgIpc) is 3.08. The van der Waals surface area contributed by atoms with Crippen LogP contribution in [-0.2, 0) is 0 Å². The number of hydrogen-bond acceptors (Lipinski definition) is 4. The minimum atomic E-state index is -0.444. The Balaban J connectivity index is 1.95. The van der Waals surface area contributed by atoms with Gasteiger partial charge in [0.25, 0.3) is 0 Å². The molecule has 0 saturated carbocycles. The summed E-state index contributed by atoms with van der Waals surface area (Å²) in [5, 5.41) is 31.9. The van der Waals surface area contributed by atoms with Crippen molar-refractivity contribution in [3.05, 3.63) is 81.2 Å². The first-order valence-electron chi connectivity index (χ1n) is 8.76. The quantitative estimate of drug-likeness (QED) is 0.653. The van der Waals surface area contributed by atoms with Crippen LogP contribution >= 0.6 is 11.6 Å². The van der Waals surface area contributed by atoms with Crippen molar-refractivity contribution in [2.24, 2.45) is 0 Å². The number of benzene rings is 2. The zero-order valence-corrected chi connectivity index (χ0v) is 16.1. The molecule has 0 bridgehead atoms. The van der Waals surface area contributed by atoms with E-state index in [1.54, 1.807) is 12.1 Å². The lowest BCUT2D eigenvalue weighted by molar-refractivity contribution is 0.880. The summed E-state index contributed by atoms with van der Waals surface area (Å²) in [5.41, 5.74) is 6.02. The smallest absolute Gasteiger partial charge is 0.0979 e. The fraction of sp³-hybridized carbons (Fsp3) is 0.136. The van der Waals surface area contributed by atoms with Crippen molar-refractivity contribution in [2.45, 2.75) is 19.8 Å². The molecule has 1 aliphatic heterocycles. The van der Waals surface area contributed by atoms with Crippen LogP contribution in [0.15, 0.2) is 59.3 Å². The van der Waals surface area contributed by atoms with Crippen molar-refractivity contribution >= 4 is 28.2 Å². The molecule has 3 aromatic rings.